The molecule has 0 radical (unpaired) electrons. The van der Waals surface area contributed by atoms with E-state index in [1.54, 1.807) is 0 Å². The third-order valence-corrected chi connectivity index (χ3v) is 4.25. The minimum Gasteiger partial charge on any atom is -0.323 e. The van der Waals surface area contributed by atoms with Crippen molar-refractivity contribution in [1.82, 2.24) is 9.59 Å². The largest absolute Gasteiger partial charge is 0.323 e. The van der Waals surface area contributed by atoms with Crippen LogP contribution >= 0.6 is 11.5 Å². The van der Waals surface area contributed by atoms with E-state index in [-0.39, 0.29) is 24.8 Å². The fraction of sp³-hybridized carbons (Fsp3) is 0.818. The number of hydrogen-bond acceptors (Lipinski definition) is 4. The van der Waals surface area contributed by atoms with Gasteiger partial charge in [-0.05, 0) is 36.7 Å². The summed E-state index contributed by atoms with van der Waals surface area (Å²) in [5, 5.41) is 4.00. The van der Waals surface area contributed by atoms with E-state index in [2.05, 4.69) is 9.59 Å². The molecule has 1 aromatic heterocycles. The van der Waals surface area contributed by atoms with Gasteiger partial charge in [0.2, 0.25) is 5.92 Å². The number of aromatic nitrogens is 2. The highest BCUT2D eigenvalue weighted by Gasteiger charge is 2.40. The van der Waals surface area contributed by atoms with Crippen molar-refractivity contribution in [3.8, 4) is 0 Å². The SMILES string of the molecule is CCc1nnsc1C(N)CC1CCC(F)(F)C1. The zero-order valence-electron chi connectivity index (χ0n) is 9.83. The number of rotatable bonds is 4. The number of halogens is 2. The third-order valence-electron chi connectivity index (χ3n) is 3.35. The molecule has 2 atom stereocenters. The Morgan fingerprint density at radius 3 is 2.94 bits per heavy atom. The van der Waals surface area contributed by atoms with Crippen molar-refractivity contribution in [3.63, 3.8) is 0 Å². The normalized spacial score (nSPS) is 25.1. The van der Waals surface area contributed by atoms with E-state index >= 15 is 0 Å². The van der Waals surface area contributed by atoms with E-state index < -0.39 is 5.92 Å². The molecular weight excluding hydrogens is 244 g/mol. The lowest BCUT2D eigenvalue weighted by Gasteiger charge is -2.15. The summed E-state index contributed by atoms with van der Waals surface area (Å²) in [5.74, 6) is -2.45. The Bertz CT molecular complexity index is 381. The van der Waals surface area contributed by atoms with Gasteiger partial charge in [0.05, 0.1) is 10.6 Å². The molecule has 1 saturated carbocycles. The van der Waals surface area contributed by atoms with Gasteiger partial charge in [0.1, 0.15) is 0 Å². The highest BCUT2D eigenvalue weighted by Crippen LogP contribution is 2.42. The van der Waals surface area contributed by atoms with Crippen molar-refractivity contribution >= 4 is 11.5 Å². The highest BCUT2D eigenvalue weighted by atomic mass is 32.1. The summed E-state index contributed by atoms with van der Waals surface area (Å²) in [4.78, 5) is 0.961. The summed E-state index contributed by atoms with van der Waals surface area (Å²) in [7, 11) is 0. The lowest BCUT2D eigenvalue weighted by atomic mass is 9.97. The molecule has 2 N–H and O–H groups in total. The summed E-state index contributed by atoms with van der Waals surface area (Å²) >= 11 is 1.29. The van der Waals surface area contributed by atoms with Crippen LogP contribution in [0.4, 0.5) is 8.78 Å². The smallest absolute Gasteiger partial charge is 0.248 e. The highest BCUT2D eigenvalue weighted by molar-refractivity contribution is 7.05. The molecule has 0 saturated heterocycles. The van der Waals surface area contributed by atoms with Crippen LogP contribution in [0.2, 0.25) is 0 Å². The van der Waals surface area contributed by atoms with E-state index in [0.29, 0.717) is 12.8 Å². The first-order valence-electron chi connectivity index (χ1n) is 5.96. The van der Waals surface area contributed by atoms with Crippen molar-refractivity contribution in [2.75, 3.05) is 0 Å². The van der Waals surface area contributed by atoms with Gasteiger partial charge in [-0.3, -0.25) is 0 Å². The van der Waals surface area contributed by atoms with Gasteiger partial charge in [-0.25, -0.2) is 8.78 Å². The molecule has 2 unspecified atom stereocenters. The summed E-state index contributed by atoms with van der Waals surface area (Å²) < 4.78 is 30.0. The average molecular weight is 261 g/mol. The summed E-state index contributed by atoms with van der Waals surface area (Å²) in [5.41, 5.74) is 6.98. The van der Waals surface area contributed by atoms with E-state index in [1.807, 2.05) is 6.92 Å². The Morgan fingerprint density at radius 1 is 1.59 bits per heavy atom. The van der Waals surface area contributed by atoms with Crippen molar-refractivity contribution in [1.29, 1.82) is 0 Å². The molecule has 1 fully saturated rings. The zero-order valence-corrected chi connectivity index (χ0v) is 10.6. The summed E-state index contributed by atoms with van der Waals surface area (Å²) in [6.45, 7) is 2.00. The van der Waals surface area contributed by atoms with Gasteiger partial charge in [-0.15, -0.1) is 5.10 Å². The lowest BCUT2D eigenvalue weighted by molar-refractivity contribution is 0.00448. The van der Waals surface area contributed by atoms with E-state index in [9.17, 15) is 8.78 Å². The van der Waals surface area contributed by atoms with Crippen LogP contribution in [-0.2, 0) is 6.42 Å². The molecule has 1 heterocycles. The molecule has 1 aliphatic rings. The van der Waals surface area contributed by atoms with Crippen LogP contribution in [0.5, 0.6) is 0 Å². The molecule has 17 heavy (non-hydrogen) atoms. The third kappa shape index (κ3) is 2.98. The Labute approximate surface area is 104 Å². The predicted octanol–water partition coefficient (Wildman–Crippen LogP) is 2.93. The van der Waals surface area contributed by atoms with Crippen LogP contribution in [0.15, 0.2) is 0 Å². The molecule has 0 aliphatic heterocycles. The Hall–Kier alpha value is -0.620. The first-order chi connectivity index (χ1) is 8.02. The van der Waals surface area contributed by atoms with Gasteiger partial charge in [-0.2, -0.15) is 0 Å². The molecule has 0 aromatic carbocycles. The Morgan fingerprint density at radius 2 is 2.35 bits per heavy atom. The molecule has 0 spiro atoms. The van der Waals surface area contributed by atoms with Crippen LogP contribution in [0.1, 0.15) is 49.2 Å². The predicted molar refractivity (Wildman–Crippen MR) is 63.1 cm³/mol. The minimum atomic E-state index is -2.48. The molecular formula is C11H17F2N3S. The Kier molecular flexibility index (Phi) is 3.73. The van der Waals surface area contributed by atoms with Crippen molar-refractivity contribution in [3.05, 3.63) is 10.6 Å². The quantitative estimate of drug-likeness (QED) is 0.906. The maximum Gasteiger partial charge on any atom is 0.248 e. The van der Waals surface area contributed by atoms with Gasteiger partial charge in [0.15, 0.2) is 0 Å². The number of hydrogen-bond donors (Lipinski definition) is 1. The number of nitrogens with zero attached hydrogens (tertiary/aromatic N) is 2. The molecule has 0 bridgehead atoms. The minimum absolute atomic E-state index is 0.00591. The maximum atomic E-state index is 13.1. The molecule has 1 aromatic rings. The second-order valence-electron chi connectivity index (χ2n) is 4.74. The number of alkyl halides is 2. The van der Waals surface area contributed by atoms with Gasteiger partial charge >= 0.3 is 0 Å². The van der Waals surface area contributed by atoms with Crippen LogP contribution < -0.4 is 5.73 Å². The van der Waals surface area contributed by atoms with Gasteiger partial charge in [-0.1, -0.05) is 11.4 Å². The number of aryl methyl sites for hydroxylation is 1. The molecule has 96 valence electrons. The first-order valence-corrected chi connectivity index (χ1v) is 6.73. The molecule has 0 amide bonds. The summed E-state index contributed by atoms with van der Waals surface area (Å²) in [6.07, 6.45) is 1.97. The second kappa shape index (κ2) is 4.94. The van der Waals surface area contributed by atoms with Crippen LogP contribution in [0.3, 0.4) is 0 Å². The zero-order chi connectivity index (χ0) is 12.5. The van der Waals surface area contributed by atoms with Crippen molar-refractivity contribution < 1.29 is 8.78 Å². The monoisotopic (exact) mass is 261 g/mol. The Balaban J connectivity index is 1.96. The van der Waals surface area contributed by atoms with E-state index in [4.69, 9.17) is 5.73 Å². The fourth-order valence-corrected chi connectivity index (χ4v) is 3.20. The second-order valence-corrected chi connectivity index (χ2v) is 5.53. The fourth-order valence-electron chi connectivity index (χ4n) is 2.45. The van der Waals surface area contributed by atoms with Crippen LogP contribution in [-0.4, -0.2) is 15.5 Å². The molecule has 6 heteroatoms. The van der Waals surface area contributed by atoms with E-state index in [1.165, 1.54) is 11.5 Å². The first kappa shape index (κ1) is 12.8. The average Bonchev–Trinajstić information content (AvgIpc) is 2.84. The lowest BCUT2D eigenvalue weighted by Crippen LogP contribution is -2.16. The van der Waals surface area contributed by atoms with Crippen LogP contribution in [0, 0.1) is 5.92 Å². The van der Waals surface area contributed by atoms with Crippen molar-refractivity contribution in [2.24, 2.45) is 11.7 Å². The maximum absolute atomic E-state index is 13.1. The molecule has 3 nitrogen and oxygen atoms in total. The summed E-state index contributed by atoms with van der Waals surface area (Å²) in [6, 6.07) is -0.191. The molecule has 1 aliphatic carbocycles. The standard InChI is InChI=1S/C11H17F2N3S/c1-2-9-10(17-16-15-9)8(14)5-7-3-4-11(12,13)6-7/h7-8H,2-6,14H2,1H3. The van der Waals surface area contributed by atoms with Gasteiger partial charge in [0.25, 0.3) is 0 Å². The van der Waals surface area contributed by atoms with E-state index in [0.717, 1.165) is 17.0 Å². The van der Waals surface area contributed by atoms with Gasteiger partial charge in [0, 0.05) is 18.9 Å². The van der Waals surface area contributed by atoms with Crippen LogP contribution in [0.25, 0.3) is 0 Å². The topological polar surface area (TPSA) is 51.8 Å². The van der Waals surface area contributed by atoms with Crippen molar-refractivity contribution in [2.45, 2.75) is 51.0 Å². The molecule has 2 rings (SSSR count). The van der Waals surface area contributed by atoms with Gasteiger partial charge < -0.3 is 5.73 Å². The number of nitrogens with two attached hydrogens (primary N) is 1.